The molecule has 0 aromatic rings. The summed E-state index contributed by atoms with van der Waals surface area (Å²) in [5.41, 5.74) is 0. The van der Waals surface area contributed by atoms with Crippen LogP contribution in [0.1, 0.15) is 26.2 Å². The van der Waals surface area contributed by atoms with Gasteiger partial charge in [-0.1, -0.05) is 0 Å². The van der Waals surface area contributed by atoms with Crippen LogP contribution in [0.3, 0.4) is 0 Å². The summed E-state index contributed by atoms with van der Waals surface area (Å²) < 4.78 is 0. The fraction of sp³-hybridized carbons (Fsp3) is 0.800. The smallest absolute Gasteiger partial charge is 0.140 e. The van der Waals surface area contributed by atoms with Crippen LogP contribution in [0, 0.1) is 0 Å². The number of nitrogens with one attached hydrogen (secondary N) is 1. The molecule has 14 heavy (non-hydrogen) atoms. The van der Waals surface area contributed by atoms with Crippen molar-refractivity contribution in [2.75, 3.05) is 21.1 Å². The zero-order valence-electron chi connectivity index (χ0n) is 9.54. The van der Waals surface area contributed by atoms with Crippen molar-refractivity contribution in [1.29, 1.82) is 0 Å². The van der Waals surface area contributed by atoms with E-state index in [1.54, 1.807) is 0 Å². The van der Waals surface area contributed by atoms with Gasteiger partial charge in [0.1, 0.15) is 12.0 Å². The fourth-order valence-electron chi connectivity index (χ4n) is 1.54. The van der Waals surface area contributed by atoms with Gasteiger partial charge < -0.3 is 10.2 Å². The molecule has 1 aliphatic rings. The second-order valence-electron chi connectivity index (χ2n) is 3.75. The summed E-state index contributed by atoms with van der Waals surface area (Å²) in [5, 5.41) is 3.11. The molecule has 4 nitrogen and oxygen atoms in total. The normalized spacial score (nSPS) is 30.4. The maximum atomic E-state index is 4.55. The van der Waals surface area contributed by atoms with E-state index in [9.17, 15) is 0 Å². The molecule has 0 radical (unpaired) electrons. The second-order valence-corrected chi connectivity index (χ2v) is 3.75. The van der Waals surface area contributed by atoms with E-state index in [1.165, 1.54) is 0 Å². The van der Waals surface area contributed by atoms with Gasteiger partial charge in [-0.25, -0.2) is 9.98 Å². The predicted molar refractivity (Wildman–Crippen MR) is 60.9 cm³/mol. The number of hydrogen-bond acceptors (Lipinski definition) is 4. The summed E-state index contributed by atoms with van der Waals surface area (Å²) in [4.78, 5) is 11.1. The average molecular weight is 196 g/mol. The van der Waals surface area contributed by atoms with Gasteiger partial charge in [0, 0.05) is 34.0 Å². The van der Waals surface area contributed by atoms with Gasteiger partial charge in [-0.15, -0.1) is 0 Å². The van der Waals surface area contributed by atoms with Crippen molar-refractivity contribution in [2.45, 2.75) is 32.4 Å². The maximum absolute atomic E-state index is 4.55. The zero-order valence-corrected chi connectivity index (χ0v) is 9.54. The molecule has 0 fully saturated rings. The van der Waals surface area contributed by atoms with Gasteiger partial charge in [0.15, 0.2) is 0 Å². The molecule has 0 spiro atoms. The lowest BCUT2D eigenvalue weighted by Gasteiger charge is -2.20. The van der Waals surface area contributed by atoms with Gasteiger partial charge in [0.05, 0.1) is 5.84 Å². The van der Waals surface area contributed by atoms with Crippen molar-refractivity contribution in [3.05, 3.63) is 0 Å². The highest BCUT2D eigenvalue weighted by Gasteiger charge is 2.10. The lowest BCUT2D eigenvalue weighted by Crippen LogP contribution is -2.27. The van der Waals surface area contributed by atoms with Crippen molar-refractivity contribution >= 4 is 11.7 Å². The first kappa shape index (κ1) is 11.0. The molecule has 0 aromatic heterocycles. The van der Waals surface area contributed by atoms with Gasteiger partial charge in [-0.05, 0) is 13.3 Å². The molecule has 0 aliphatic carbocycles. The first-order chi connectivity index (χ1) is 6.63. The molecule has 0 saturated heterocycles. The highest BCUT2D eigenvalue weighted by atomic mass is 15.2. The van der Waals surface area contributed by atoms with Crippen LogP contribution in [0.2, 0.25) is 0 Å². The van der Waals surface area contributed by atoms with Crippen LogP contribution < -0.4 is 5.32 Å². The van der Waals surface area contributed by atoms with E-state index in [0.717, 1.165) is 30.9 Å². The highest BCUT2D eigenvalue weighted by molar-refractivity contribution is 5.86. The van der Waals surface area contributed by atoms with Gasteiger partial charge in [-0.3, -0.25) is 0 Å². The maximum Gasteiger partial charge on any atom is 0.140 e. The van der Waals surface area contributed by atoms with E-state index in [2.05, 4.69) is 20.2 Å². The zero-order chi connectivity index (χ0) is 10.6. The third-order valence-electron chi connectivity index (χ3n) is 2.30. The number of hydrogen-bond donors (Lipinski definition) is 1. The first-order valence-electron chi connectivity index (χ1n) is 5.12. The van der Waals surface area contributed by atoms with Gasteiger partial charge in [-0.2, -0.15) is 0 Å². The summed E-state index contributed by atoms with van der Waals surface area (Å²) in [5.74, 6) is 2.22. The Balaban J connectivity index is 2.76. The molecule has 0 bridgehead atoms. The second kappa shape index (κ2) is 4.98. The third-order valence-corrected chi connectivity index (χ3v) is 2.30. The summed E-state index contributed by atoms with van der Waals surface area (Å²) in [6.45, 7) is 2.02. The molecule has 1 aliphatic heterocycles. The number of rotatable bonds is 0. The van der Waals surface area contributed by atoms with Crippen LogP contribution in [-0.4, -0.2) is 43.9 Å². The van der Waals surface area contributed by atoms with E-state index >= 15 is 0 Å². The lowest BCUT2D eigenvalue weighted by atomic mass is 10.2. The Morgan fingerprint density at radius 1 is 1.29 bits per heavy atom. The van der Waals surface area contributed by atoms with Crippen LogP contribution in [-0.2, 0) is 0 Å². The molecule has 80 valence electrons. The Morgan fingerprint density at radius 2 is 2.00 bits per heavy atom. The first-order valence-corrected chi connectivity index (χ1v) is 5.12. The van der Waals surface area contributed by atoms with E-state index in [1.807, 2.05) is 28.1 Å². The summed E-state index contributed by atoms with van der Waals surface area (Å²) in [6.07, 6.45) is 3.21. The largest absolute Gasteiger partial charge is 0.377 e. The Labute approximate surface area is 86.1 Å². The molecule has 1 rings (SSSR count). The molecule has 4 heteroatoms. The van der Waals surface area contributed by atoms with Crippen molar-refractivity contribution in [2.24, 2.45) is 9.98 Å². The minimum Gasteiger partial charge on any atom is -0.377 e. The Hall–Kier alpha value is -1.06. The molecule has 1 heterocycles. The molecule has 0 amide bonds. The van der Waals surface area contributed by atoms with Gasteiger partial charge >= 0.3 is 0 Å². The van der Waals surface area contributed by atoms with E-state index in [-0.39, 0.29) is 6.17 Å². The average Bonchev–Trinajstić information content (AvgIpc) is 2.10. The molecule has 0 aromatic carbocycles. The minimum absolute atomic E-state index is 0.0372. The van der Waals surface area contributed by atoms with E-state index in [4.69, 9.17) is 0 Å². The van der Waals surface area contributed by atoms with E-state index < -0.39 is 0 Å². The van der Waals surface area contributed by atoms with Gasteiger partial charge in [0.2, 0.25) is 0 Å². The van der Waals surface area contributed by atoms with Crippen LogP contribution in [0.25, 0.3) is 0 Å². The Bertz CT molecular complexity index is 243. The van der Waals surface area contributed by atoms with Crippen molar-refractivity contribution in [1.82, 2.24) is 10.2 Å². The van der Waals surface area contributed by atoms with Crippen molar-refractivity contribution in [3.63, 3.8) is 0 Å². The van der Waals surface area contributed by atoms with Crippen LogP contribution >= 0.6 is 0 Å². The standard InChI is InChI=1S/C10H20N4/c1-8-12-9(11-2)6-5-7-10(13-8)14(3)4/h8H,5-7H2,1-4H3,(H,11,12)/b13-10+/t8-/m0/s1. The molecule has 1 atom stereocenters. The molecule has 0 saturated carbocycles. The molecule has 0 unspecified atom stereocenters. The quantitative estimate of drug-likeness (QED) is 0.630. The molecular weight excluding hydrogens is 176 g/mol. The lowest BCUT2D eigenvalue weighted by molar-refractivity contribution is 0.579. The van der Waals surface area contributed by atoms with Crippen molar-refractivity contribution < 1.29 is 0 Å². The Kier molecular flexibility index (Phi) is 3.92. The van der Waals surface area contributed by atoms with Crippen LogP contribution in [0.5, 0.6) is 0 Å². The minimum atomic E-state index is 0.0372. The third kappa shape index (κ3) is 3.01. The van der Waals surface area contributed by atoms with E-state index in [0.29, 0.717) is 0 Å². The number of aliphatic imine (C=N–C) groups is 2. The molecule has 1 N–H and O–H groups in total. The number of nitrogens with zero attached hydrogens (tertiary/aromatic N) is 3. The Morgan fingerprint density at radius 3 is 2.57 bits per heavy atom. The predicted octanol–water partition coefficient (Wildman–Crippen LogP) is 1.09. The SMILES string of the molecule is CN/C1=N/[C@H](C)/N=C(/N(C)C)CCC1. The highest BCUT2D eigenvalue weighted by Crippen LogP contribution is 2.08. The molecular formula is C10H20N4. The fourth-order valence-corrected chi connectivity index (χ4v) is 1.54. The number of amidine groups is 2. The monoisotopic (exact) mass is 196 g/mol. The van der Waals surface area contributed by atoms with Crippen LogP contribution in [0.15, 0.2) is 9.98 Å². The summed E-state index contributed by atoms with van der Waals surface area (Å²) in [6, 6.07) is 0. The summed E-state index contributed by atoms with van der Waals surface area (Å²) >= 11 is 0. The van der Waals surface area contributed by atoms with Crippen molar-refractivity contribution in [3.8, 4) is 0 Å². The summed E-state index contributed by atoms with van der Waals surface area (Å²) in [7, 11) is 6.00. The topological polar surface area (TPSA) is 40.0 Å². The van der Waals surface area contributed by atoms with Crippen LogP contribution in [0.4, 0.5) is 0 Å². The van der Waals surface area contributed by atoms with Gasteiger partial charge in [0.25, 0.3) is 0 Å².